The molecule has 2 rings (SSSR count). The normalized spacial score (nSPS) is 23.2. The van der Waals surface area contributed by atoms with Gasteiger partial charge >= 0.3 is 0 Å². The van der Waals surface area contributed by atoms with Gasteiger partial charge in [-0.2, -0.15) is 0 Å². The maximum atomic E-state index is 13.1. The lowest BCUT2D eigenvalue weighted by atomic mass is 9.81. The van der Waals surface area contributed by atoms with Crippen molar-refractivity contribution in [2.45, 2.75) is 37.6 Å². The molecule has 1 aliphatic rings. The minimum atomic E-state index is -2.43. The van der Waals surface area contributed by atoms with Crippen LogP contribution in [0.1, 0.15) is 36.6 Å². The van der Waals surface area contributed by atoms with E-state index in [2.05, 4.69) is 11.4 Å². The molecule has 1 atom stereocenters. The zero-order valence-electron chi connectivity index (χ0n) is 9.38. The van der Waals surface area contributed by atoms with Gasteiger partial charge in [-0.25, -0.2) is 8.78 Å². The van der Waals surface area contributed by atoms with Crippen molar-refractivity contribution >= 4 is 11.3 Å². The van der Waals surface area contributed by atoms with Crippen molar-refractivity contribution in [3.63, 3.8) is 0 Å². The Morgan fingerprint density at radius 3 is 2.62 bits per heavy atom. The SMILES string of the molecule is CNC(c1cccs1)C1CCC(F)(F)CC1. The topological polar surface area (TPSA) is 12.0 Å². The number of thiophene rings is 1. The van der Waals surface area contributed by atoms with Gasteiger partial charge in [-0.15, -0.1) is 11.3 Å². The van der Waals surface area contributed by atoms with Gasteiger partial charge < -0.3 is 5.32 Å². The first-order valence-corrected chi connectivity index (χ1v) is 6.59. The van der Waals surface area contributed by atoms with E-state index >= 15 is 0 Å². The predicted octanol–water partition coefficient (Wildman–Crippen LogP) is 3.83. The van der Waals surface area contributed by atoms with Crippen molar-refractivity contribution in [2.24, 2.45) is 5.92 Å². The molecule has 90 valence electrons. The summed E-state index contributed by atoms with van der Waals surface area (Å²) in [5.74, 6) is -2.08. The van der Waals surface area contributed by atoms with Gasteiger partial charge in [0.1, 0.15) is 0 Å². The van der Waals surface area contributed by atoms with E-state index in [1.807, 2.05) is 18.5 Å². The van der Waals surface area contributed by atoms with Crippen LogP contribution in [-0.4, -0.2) is 13.0 Å². The van der Waals surface area contributed by atoms with Crippen LogP contribution < -0.4 is 5.32 Å². The molecule has 0 radical (unpaired) electrons. The molecule has 1 N–H and O–H groups in total. The molecule has 0 aromatic carbocycles. The molecule has 1 aromatic heterocycles. The van der Waals surface area contributed by atoms with E-state index in [4.69, 9.17) is 0 Å². The van der Waals surface area contributed by atoms with E-state index < -0.39 is 5.92 Å². The van der Waals surface area contributed by atoms with Gasteiger partial charge in [0.15, 0.2) is 0 Å². The van der Waals surface area contributed by atoms with Crippen molar-refractivity contribution in [1.29, 1.82) is 0 Å². The Kier molecular flexibility index (Phi) is 3.60. The summed E-state index contributed by atoms with van der Waals surface area (Å²) in [6.45, 7) is 0. The first-order valence-electron chi connectivity index (χ1n) is 5.71. The van der Waals surface area contributed by atoms with E-state index in [-0.39, 0.29) is 18.9 Å². The molecular weight excluding hydrogens is 228 g/mol. The highest BCUT2D eigenvalue weighted by molar-refractivity contribution is 7.10. The number of nitrogens with one attached hydrogen (secondary N) is 1. The van der Waals surface area contributed by atoms with Crippen LogP contribution in [-0.2, 0) is 0 Å². The van der Waals surface area contributed by atoms with Crippen LogP contribution in [0.4, 0.5) is 8.78 Å². The van der Waals surface area contributed by atoms with Gasteiger partial charge in [0, 0.05) is 23.8 Å². The van der Waals surface area contributed by atoms with Crippen LogP contribution in [0, 0.1) is 5.92 Å². The highest BCUT2D eigenvalue weighted by atomic mass is 32.1. The van der Waals surface area contributed by atoms with Crippen molar-refractivity contribution in [1.82, 2.24) is 5.32 Å². The van der Waals surface area contributed by atoms with Crippen LogP contribution >= 0.6 is 11.3 Å². The first-order chi connectivity index (χ1) is 7.62. The summed E-state index contributed by atoms with van der Waals surface area (Å²) in [6.07, 6.45) is 1.33. The standard InChI is InChI=1S/C12H17F2NS/c1-15-11(10-3-2-8-16-10)9-4-6-12(13,14)7-5-9/h2-3,8-9,11,15H,4-7H2,1H3. The Balaban J connectivity index is 2.02. The fourth-order valence-electron chi connectivity index (χ4n) is 2.47. The minimum absolute atomic E-state index is 0.0429. The summed E-state index contributed by atoms with van der Waals surface area (Å²) >= 11 is 1.70. The summed E-state index contributed by atoms with van der Waals surface area (Å²) in [5.41, 5.74) is 0. The average molecular weight is 245 g/mol. The summed E-state index contributed by atoms with van der Waals surface area (Å²) in [6, 6.07) is 4.34. The molecule has 1 heterocycles. The van der Waals surface area contributed by atoms with Gasteiger partial charge in [-0.05, 0) is 37.3 Å². The lowest BCUT2D eigenvalue weighted by molar-refractivity contribution is -0.0493. The van der Waals surface area contributed by atoms with Gasteiger partial charge in [0.2, 0.25) is 5.92 Å². The number of rotatable bonds is 3. The Labute approximate surface area is 98.9 Å². The second-order valence-electron chi connectivity index (χ2n) is 4.48. The lowest BCUT2D eigenvalue weighted by Gasteiger charge is -2.33. The van der Waals surface area contributed by atoms with Gasteiger partial charge in [0.05, 0.1) is 0 Å². The maximum absolute atomic E-state index is 13.1. The largest absolute Gasteiger partial charge is 0.312 e. The number of hydrogen-bond acceptors (Lipinski definition) is 2. The molecule has 16 heavy (non-hydrogen) atoms. The maximum Gasteiger partial charge on any atom is 0.248 e. The quantitative estimate of drug-likeness (QED) is 0.853. The summed E-state index contributed by atoms with van der Waals surface area (Å²) in [5, 5.41) is 5.31. The molecule has 0 bridgehead atoms. The van der Waals surface area contributed by atoms with E-state index in [0.29, 0.717) is 18.8 Å². The highest BCUT2D eigenvalue weighted by Gasteiger charge is 2.37. The molecule has 0 spiro atoms. The van der Waals surface area contributed by atoms with Crippen molar-refractivity contribution < 1.29 is 8.78 Å². The second-order valence-corrected chi connectivity index (χ2v) is 5.45. The number of halogens is 2. The third-order valence-electron chi connectivity index (χ3n) is 3.39. The molecule has 0 aliphatic heterocycles. The predicted molar refractivity (Wildman–Crippen MR) is 63.0 cm³/mol. The van der Waals surface area contributed by atoms with Gasteiger partial charge in [0.25, 0.3) is 0 Å². The molecule has 0 saturated heterocycles. The van der Waals surface area contributed by atoms with Crippen molar-refractivity contribution in [3.8, 4) is 0 Å². The second kappa shape index (κ2) is 4.80. The van der Waals surface area contributed by atoms with Crippen LogP contribution in [0.2, 0.25) is 0 Å². The van der Waals surface area contributed by atoms with E-state index in [1.165, 1.54) is 4.88 Å². The van der Waals surface area contributed by atoms with E-state index in [9.17, 15) is 8.78 Å². The van der Waals surface area contributed by atoms with Crippen molar-refractivity contribution in [3.05, 3.63) is 22.4 Å². The highest BCUT2D eigenvalue weighted by Crippen LogP contribution is 2.41. The third kappa shape index (κ3) is 2.61. The van der Waals surface area contributed by atoms with Crippen LogP contribution in [0.5, 0.6) is 0 Å². The third-order valence-corrected chi connectivity index (χ3v) is 4.35. The zero-order valence-corrected chi connectivity index (χ0v) is 10.2. The minimum Gasteiger partial charge on any atom is -0.312 e. The van der Waals surface area contributed by atoms with E-state index in [0.717, 1.165) is 0 Å². The van der Waals surface area contributed by atoms with Crippen LogP contribution in [0.3, 0.4) is 0 Å². The molecule has 0 amide bonds. The first kappa shape index (κ1) is 12.0. The fraction of sp³-hybridized carbons (Fsp3) is 0.667. The number of alkyl halides is 2. The average Bonchev–Trinajstić information content (AvgIpc) is 2.75. The summed E-state index contributed by atoms with van der Waals surface area (Å²) in [4.78, 5) is 1.26. The van der Waals surface area contributed by atoms with Crippen LogP contribution in [0.15, 0.2) is 17.5 Å². The Morgan fingerprint density at radius 1 is 1.44 bits per heavy atom. The summed E-state index contributed by atoms with van der Waals surface area (Å²) in [7, 11) is 1.91. The zero-order chi connectivity index (χ0) is 11.6. The molecule has 1 nitrogen and oxygen atoms in total. The van der Waals surface area contributed by atoms with Crippen molar-refractivity contribution in [2.75, 3.05) is 7.05 Å². The molecule has 1 saturated carbocycles. The number of hydrogen-bond donors (Lipinski definition) is 1. The van der Waals surface area contributed by atoms with Gasteiger partial charge in [-0.1, -0.05) is 6.07 Å². The van der Waals surface area contributed by atoms with Gasteiger partial charge in [-0.3, -0.25) is 0 Å². The smallest absolute Gasteiger partial charge is 0.248 e. The molecule has 1 fully saturated rings. The monoisotopic (exact) mass is 245 g/mol. The van der Waals surface area contributed by atoms with Crippen LogP contribution in [0.25, 0.3) is 0 Å². The summed E-state index contributed by atoms with van der Waals surface area (Å²) < 4.78 is 26.1. The Morgan fingerprint density at radius 2 is 2.12 bits per heavy atom. The Hall–Kier alpha value is -0.480. The molecule has 1 aromatic rings. The molecule has 1 unspecified atom stereocenters. The van der Waals surface area contributed by atoms with E-state index in [1.54, 1.807) is 11.3 Å². The molecule has 4 heteroatoms. The molecule has 1 aliphatic carbocycles. The fourth-order valence-corrected chi connectivity index (χ4v) is 3.40. The Bertz CT molecular complexity index is 314. The molecular formula is C12H17F2NS. The lowest BCUT2D eigenvalue weighted by Crippen LogP contribution is -2.32.